The van der Waals surface area contributed by atoms with Gasteiger partial charge in [0, 0.05) is 0 Å². The van der Waals surface area contributed by atoms with Gasteiger partial charge in [-0.1, -0.05) is 42.5 Å². The molecule has 0 spiro atoms. The van der Waals surface area contributed by atoms with Gasteiger partial charge in [0.2, 0.25) is 6.29 Å². The minimum absolute atomic E-state index is 0.0714. The average molecular weight is 330 g/mol. The average Bonchev–Trinajstić information content (AvgIpc) is 2.62. The van der Waals surface area contributed by atoms with E-state index < -0.39 is 24.6 Å². The number of rotatable bonds is 5. The van der Waals surface area contributed by atoms with E-state index in [9.17, 15) is 15.3 Å². The van der Waals surface area contributed by atoms with Gasteiger partial charge in [0.1, 0.15) is 24.1 Å². The summed E-state index contributed by atoms with van der Waals surface area (Å²) < 4.78 is 10.8. The molecule has 0 unspecified atom stereocenters. The van der Waals surface area contributed by atoms with Gasteiger partial charge in [0.15, 0.2) is 0 Å². The lowest BCUT2D eigenvalue weighted by Crippen LogP contribution is -2.54. The summed E-state index contributed by atoms with van der Waals surface area (Å²) in [6.45, 7) is -0.0714. The Morgan fingerprint density at radius 2 is 1.46 bits per heavy atom. The summed E-state index contributed by atoms with van der Waals surface area (Å²) in [4.78, 5) is 0. The third kappa shape index (κ3) is 4.13. The summed E-state index contributed by atoms with van der Waals surface area (Å²) >= 11 is 0. The van der Waals surface area contributed by atoms with E-state index in [1.807, 2.05) is 42.5 Å². The van der Waals surface area contributed by atoms with Crippen LogP contribution >= 0.6 is 0 Å². The van der Waals surface area contributed by atoms with Gasteiger partial charge in [0.25, 0.3) is 0 Å². The van der Waals surface area contributed by atoms with Crippen molar-refractivity contribution in [3.8, 4) is 5.75 Å². The molecule has 0 aliphatic carbocycles. The van der Waals surface area contributed by atoms with Crippen LogP contribution in [0.2, 0.25) is 0 Å². The largest absolute Gasteiger partial charge is 0.462 e. The number of ether oxygens (including phenoxy) is 2. The van der Waals surface area contributed by atoms with Crippen LogP contribution in [0.3, 0.4) is 0 Å². The molecule has 0 bridgehead atoms. The number of aryl methyl sites for hydroxylation is 2. The first-order chi connectivity index (χ1) is 11.6. The van der Waals surface area contributed by atoms with E-state index in [1.165, 1.54) is 11.1 Å². The first-order valence-electron chi connectivity index (χ1n) is 8.09. The molecule has 128 valence electrons. The summed E-state index contributed by atoms with van der Waals surface area (Å²) in [7, 11) is 0. The molecule has 5 nitrogen and oxygen atoms in total. The molecule has 5 heteroatoms. The van der Waals surface area contributed by atoms with Gasteiger partial charge in [-0.05, 0) is 36.1 Å². The van der Waals surface area contributed by atoms with Gasteiger partial charge >= 0.3 is 0 Å². The third-order valence-electron chi connectivity index (χ3n) is 4.18. The number of hydrogen-bond acceptors (Lipinski definition) is 5. The van der Waals surface area contributed by atoms with E-state index in [-0.39, 0.29) is 6.61 Å². The quantitative estimate of drug-likeness (QED) is 0.770. The highest BCUT2D eigenvalue weighted by molar-refractivity contribution is 5.28. The molecule has 0 amide bonds. The Morgan fingerprint density at radius 3 is 2.12 bits per heavy atom. The van der Waals surface area contributed by atoms with Gasteiger partial charge in [-0.3, -0.25) is 0 Å². The van der Waals surface area contributed by atoms with Crippen LogP contribution < -0.4 is 4.74 Å². The Labute approximate surface area is 141 Å². The fraction of sp³-hybridized carbons (Fsp3) is 0.368. The summed E-state index contributed by atoms with van der Waals surface area (Å²) in [5.74, 6) is 0.547. The zero-order valence-electron chi connectivity index (χ0n) is 13.3. The van der Waals surface area contributed by atoms with Crippen LogP contribution in [0.25, 0.3) is 0 Å². The summed E-state index contributed by atoms with van der Waals surface area (Å²) in [6, 6.07) is 17.9. The summed E-state index contributed by atoms with van der Waals surface area (Å²) in [6.07, 6.45) is -2.74. The van der Waals surface area contributed by atoms with Gasteiger partial charge < -0.3 is 24.8 Å². The zero-order valence-corrected chi connectivity index (χ0v) is 13.3. The second-order valence-corrected chi connectivity index (χ2v) is 6.00. The lowest BCUT2D eigenvalue weighted by atomic mass is 10.0. The Hall–Kier alpha value is -1.92. The molecule has 24 heavy (non-hydrogen) atoms. The maximum Gasteiger partial charge on any atom is 0.228 e. The molecule has 1 aliphatic rings. The highest BCUT2D eigenvalue weighted by Crippen LogP contribution is 2.21. The maximum absolute atomic E-state index is 9.87. The van der Waals surface area contributed by atoms with Gasteiger partial charge in [-0.25, -0.2) is 0 Å². The highest BCUT2D eigenvalue weighted by Gasteiger charge is 2.38. The Balaban J connectivity index is 1.55. The highest BCUT2D eigenvalue weighted by atomic mass is 16.7. The standard InChI is InChI=1S/C19H22O5/c20-16-12-23-19(18(22)17(16)21)24-15-10-8-14(9-11-15)7-6-13-4-2-1-3-5-13/h1-5,8-11,16-22H,6-7,12H2/t16-,17-,18+,19+/m0/s1. The van der Waals surface area contributed by atoms with Crippen molar-refractivity contribution in [2.45, 2.75) is 37.4 Å². The van der Waals surface area contributed by atoms with Crippen LogP contribution in [-0.2, 0) is 17.6 Å². The van der Waals surface area contributed by atoms with Crippen LogP contribution in [-0.4, -0.2) is 46.5 Å². The van der Waals surface area contributed by atoms with Crippen molar-refractivity contribution in [1.82, 2.24) is 0 Å². The van der Waals surface area contributed by atoms with E-state index in [4.69, 9.17) is 9.47 Å². The van der Waals surface area contributed by atoms with Gasteiger partial charge in [0.05, 0.1) is 6.61 Å². The summed E-state index contributed by atoms with van der Waals surface area (Å²) in [5.41, 5.74) is 2.48. The fourth-order valence-electron chi connectivity index (χ4n) is 2.69. The lowest BCUT2D eigenvalue weighted by molar-refractivity contribution is -0.242. The zero-order chi connectivity index (χ0) is 16.9. The molecular weight excluding hydrogens is 308 g/mol. The normalized spacial score (nSPS) is 27.0. The molecule has 0 saturated carbocycles. The predicted octanol–water partition coefficient (Wildman–Crippen LogP) is 1.29. The third-order valence-corrected chi connectivity index (χ3v) is 4.18. The van der Waals surface area contributed by atoms with E-state index in [0.717, 1.165) is 12.8 Å². The van der Waals surface area contributed by atoms with E-state index in [2.05, 4.69) is 12.1 Å². The molecule has 0 aromatic heterocycles. The smallest absolute Gasteiger partial charge is 0.228 e. The Kier molecular flexibility index (Phi) is 5.48. The van der Waals surface area contributed by atoms with Crippen LogP contribution in [0, 0.1) is 0 Å². The second-order valence-electron chi connectivity index (χ2n) is 6.00. The van der Waals surface area contributed by atoms with Crippen LogP contribution in [0.4, 0.5) is 0 Å². The molecule has 1 saturated heterocycles. The molecular formula is C19H22O5. The van der Waals surface area contributed by atoms with Crippen molar-refractivity contribution in [2.75, 3.05) is 6.61 Å². The molecule has 3 N–H and O–H groups in total. The maximum atomic E-state index is 9.87. The minimum atomic E-state index is -1.29. The van der Waals surface area contributed by atoms with Crippen molar-refractivity contribution >= 4 is 0 Å². The lowest BCUT2D eigenvalue weighted by Gasteiger charge is -2.34. The predicted molar refractivity (Wildman–Crippen MR) is 88.7 cm³/mol. The van der Waals surface area contributed by atoms with Gasteiger partial charge in [-0.2, -0.15) is 0 Å². The van der Waals surface area contributed by atoms with Crippen LogP contribution in [0.5, 0.6) is 5.75 Å². The van der Waals surface area contributed by atoms with E-state index in [0.29, 0.717) is 5.75 Å². The molecule has 3 rings (SSSR count). The molecule has 1 fully saturated rings. The molecule has 2 aromatic carbocycles. The Morgan fingerprint density at radius 1 is 0.833 bits per heavy atom. The molecule has 4 atom stereocenters. The molecule has 1 aliphatic heterocycles. The fourth-order valence-corrected chi connectivity index (χ4v) is 2.69. The van der Waals surface area contributed by atoms with Crippen molar-refractivity contribution in [2.24, 2.45) is 0 Å². The monoisotopic (exact) mass is 330 g/mol. The first-order valence-corrected chi connectivity index (χ1v) is 8.09. The van der Waals surface area contributed by atoms with E-state index in [1.54, 1.807) is 0 Å². The van der Waals surface area contributed by atoms with Crippen LogP contribution in [0.1, 0.15) is 11.1 Å². The molecule has 2 aromatic rings. The van der Waals surface area contributed by atoms with Crippen molar-refractivity contribution in [3.05, 3.63) is 65.7 Å². The number of aliphatic hydroxyl groups excluding tert-OH is 3. The van der Waals surface area contributed by atoms with Crippen molar-refractivity contribution < 1.29 is 24.8 Å². The number of hydrogen-bond donors (Lipinski definition) is 3. The summed E-state index contributed by atoms with van der Waals surface area (Å²) in [5, 5.41) is 29.0. The first kappa shape index (κ1) is 16.9. The number of benzene rings is 2. The number of aliphatic hydroxyl groups is 3. The van der Waals surface area contributed by atoms with Crippen molar-refractivity contribution in [3.63, 3.8) is 0 Å². The van der Waals surface area contributed by atoms with Crippen molar-refractivity contribution in [1.29, 1.82) is 0 Å². The van der Waals surface area contributed by atoms with Crippen LogP contribution in [0.15, 0.2) is 54.6 Å². The molecule has 0 radical (unpaired) electrons. The second kappa shape index (κ2) is 7.77. The topological polar surface area (TPSA) is 79.2 Å². The van der Waals surface area contributed by atoms with Gasteiger partial charge in [-0.15, -0.1) is 0 Å². The minimum Gasteiger partial charge on any atom is -0.462 e. The van der Waals surface area contributed by atoms with E-state index >= 15 is 0 Å². The Bertz CT molecular complexity index is 628. The SMILES string of the molecule is O[C@@H]1[C@@H](O)[C@@H](Oc2ccc(CCc3ccccc3)cc2)OC[C@@H]1O. The molecule has 1 heterocycles.